The summed E-state index contributed by atoms with van der Waals surface area (Å²) in [7, 11) is 0. The number of benzene rings is 2. The summed E-state index contributed by atoms with van der Waals surface area (Å²) in [5.74, 6) is -1.68. The van der Waals surface area contributed by atoms with Crippen LogP contribution >= 0.6 is 0 Å². The molecule has 0 aliphatic carbocycles. The molecule has 154 valence electrons. The van der Waals surface area contributed by atoms with Crippen molar-refractivity contribution in [3.8, 4) is 0 Å². The number of nitrogens with one attached hydrogen (secondary N) is 1. The molecule has 8 nitrogen and oxygen atoms in total. The zero-order valence-electron chi connectivity index (χ0n) is 16.3. The van der Waals surface area contributed by atoms with E-state index in [4.69, 9.17) is 9.47 Å². The van der Waals surface area contributed by atoms with E-state index in [-0.39, 0.29) is 18.9 Å². The predicted octanol–water partition coefficient (Wildman–Crippen LogP) is 2.66. The highest BCUT2D eigenvalue weighted by molar-refractivity contribution is 6.01. The van der Waals surface area contributed by atoms with Gasteiger partial charge in [0, 0.05) is 17.7 Å². The molecule has 2 atom stereocenters. The van der Waals surface area contributed by atoms with Gasteiger partial charge in [-0.3, -0.25) is 14.5 Å². The first-order chi connectivity index (χ1) is 14.5. The van der Waals surface area contributed by atoms with Crippen LogP contribution in [0.1, 0.15) is 52.3 Å². The quantitative estimate of drug-likeness (QED) is 0.763. The third-order valence-corrected chi connectivity index (χ3v) is 5.12. The number of amides is 2. The molecule has 8 heteroatoms. The molecule has 2 unspecified atom stereocenters. The molecule has 1 N–H and O–H groups in total. The van der Waals surface area contributed by atoms with Crippen molar-refractivity contribution in [1.82, 2.24) is 4.90 Å². The van der Waals surface area contributed by atoms with Crippen LogP contribution in [0.5, 0.6) is 0 Å². The van der Waals surface area contributed by atoms with Crippen LogP contribution in [0.4, 0.5) is 5.69 Å². The van der Waals surface area contributed by atoms with E-state index in [2.05, 4.69) is 5.32 Å². The second-order valence-corrected chi connectivity index (χ2v) is 6.99. The van der Waals surface area contributed by atoms with E-state index in [0.717, 1.165) is 0 Å². The van der Waals surface area contributed by atoms with E-state index in [9.17, 15) is 19.2 Å². The number of hydrogen-bond donors (Lipinski definition) is 1. The molecule has 2 aliphatic rings. The lowest BCUT2D eigenvalue weighted by molar-refractivity contribution is -0.144. The zero-order valence-corrected chi connectivity index (χ0v) is 16.3. The first kappa shape index (κ1) is 19.6. The Morgan fingerprint density at radius 3 is 2.77 bits per heavy atom. The fourth-order valence-corrected chi connectivity index (χ4v) is 3.75. The molecule has 2 aromatic rings. The average Bonchev–Trinajstić information content (AvgIpc) is 3.28. The van der Waals surface area contributed by atoms with Crippen LogP contribution in [0.25, 0.3) is 0 Å². The van der Waals surface area contributed by atoms with Crippen LogP contribution in [0.3, 0.4) is 0 Å². The molecule has 1 fully saturated rings. The Labute approximate surface area is 172 Å². The van der Waals surface area contributed by atoms with E-state index in [1.165, 1.54) is 11.0 Å². The number of anilines is 1. The molecule has 0 spiro atoms. The van der Waals surface area contributed by atoms with Crippen LogP contribution < -0.4 is 5.32 Å². The summed E-state index contributed by atoms with van der Waals surface area (Å²) in [6.07, 6.45) is -0.444. The molecule has 2 amide bonds. The van der Waals surface area contributed by atoms with Crippen LogP contribution in [-0.4, -0.2) is 41.3 Å². The second-order valence-electron chi connectivity index (χ2n) is 6.99. The maximum Gasteiger partial charge on any atom is 0.340 e. The number of carbonyl (C=O) groups excluding carboxylic acids is 4. The third-order valence-electron chi connectivity index (χ3n) is 5.12. The standard InChI is InChI=1S/C22H20N2O6/c1-2-29-21(27)13-6-5-7-14(12-13)23-19(26)17-10-11-18(25)24(17)20-15-8-3-4-9-16(15)22(28)30-20/h3-9,12,17,20H,2,10-11H2,1H3,(H,23,26). The van der Waals surface area contributed by atoms with Gasteiger partial charge in [0.05, 0.1) is 17.7 Å². The van der Waals surface area contributed by atoms with Crippen molar-refractivity contribution >= 4 is 29.4 Å². The highest BCUT2D eigenvalue weighted by atomic mass is 16.6. The van der Waals surface area contributed by atoms with Crippen molar-refractivity contribution in [3.05, 3.63) is 65.2 Å². The molecule has 0 radical (unpaired) electrons. The summed E-state index contributed by atoms with van der Waals surface area (Å²) < 4.78 is 10.4. The van der Waals surface area contributed by atoms with Crippen LogP contribution in [0, 0.1) is 0 Å². The van der Waals surface area contributed by atoms with E-state index in [0.29, 0.717) is 28.8 Å². The van der Waals surface area contributed by atoms with Crippen LogP contribution in [0.15, 0.2) is 48.5 Å². The molecule has 0 saturated carbocycles. The smallest absolute Gasteiger partial charge is 0.340 e. The largest absolute Gasteiger partial charge is 0.462 e. The van der Waals surface area contributed by atoms with Crippen molar-refractivity contribution in [2.24, 2.45) is 0 Å². The maximum absolute atomic E-state index is 13.0. The minimum Gasteiger partial charge on any atom is -0.462 e. The normalized spacial score (nSPS) is 20.0. The van der Waals surface area contributed by atoms with Crippen molar-refractivity contribution in [1.29, 1.82) is 0 Å². The van der Waals surface area contributed by atoms with Crippen LogP contribution in [0.2, 0.25) is 0 Å². The monoisotopic (exact) mass is 408 g/mol. The Balaban J connectivity index is 1.55. The Morgan fingerprint density at radius 1 is 1.17 bits per heavy atom. The average molecular weight is 408 g/mol. The van der Waals surface area contributed by atoms with E-state index in [1.807, 2.05) is 0 Å². The molecule has 0 bridgehead atoms. The van der Waals surface area contributed by atoms with E-state index in [1.54, 1.807) is 49.4 Å². The van der Waals surface area contributed by atoms with Gasteiger partial charge in [-0.25, -0.2) is 9.59 Å². The minimum atomic E-state index is -0.926. The van der Waals surface area contributed by atoms with Crippen molar-refractivity contribution in [3.63, 3.8) is 0 Å². The van der Waals surface area contributed by atoms with E-state index < -0.39 is 30.1 Å². The molecule has 4 rings (SSSR count). The van der Waals surface area contributed by atoms with Gasteiger partial charge in [0.1, 0.15) is 6.04 Å². The van der Waals surface area contributed by atoms with E-state index >= 15 is 0 Å². The van der Waals surface area contributed by atoms with Gasteiger partial charge < -0.3 is 14.8 Å². The molecular formula is C22H20N2O6. The number of rotatable bonds is 5. The fourth-order valence-electron chi connectivity index (χ4n) is 3.75. The Kier molecular flexibility index (Phi) is 5.22. The van der Waals surface area contributed by atoms with Crippen molar-refractivity contribution < 1.29 is 28.7 Å². The molecule has 2 aliphatic heterocycles. The number of ether oxygens (including phenoxy) is 2. The Bertz CT molecular complexity index is 1030. The highest BCUT2D eigenvalue weighted by Gasteiger charge is 2.46. The van der Waals surface area contributed by atoms with Crippen molar-refractivity contribution in [2.45, 2.75) is 32.0 Å². The molecular weight excluding hydrogens is 388 g/mol. The molecule has 30 heavy (non-hydrogen) atoms. The number of carbonyl (C=O) groups is 4. The summed E-state index contributed by atoms with van der Waals surface area (Å²) in [5.41, 5.74) is 1.68. The second kappa shape index (κ2) is 7.98. The van der Waals surface area contributed by atoms with Gasteiger partial charge in [0.2, 0.25) is 18.0 Å². The first-order valence-corrected chi connectivity index (χ1v) is 9.68. The third kappa shape index (κ3) is 3.52. The zero-order chi connectivity index (χ0) is 21.3. The maximum atomic E-state index is 13.0. The SMILES string of the molecule is CCOC(=O)c1cccc(NC(=O)C2CCC(=O)N2C2OC(=O)c3ccccc32)c1. The molecule has 2 aromatic carbocycles. The predicted molar refractivity (Wildman–Crippen MR) is 105 cm³/mol. The van der Waals surface area contributed by atoms with Gasteiger partial charge in [-0.2, -0.15) is 0 Å². The van der Waals surface area contributed by atoms with Gasteiger partial charge in [-0.05, 0) is 37.6 Å². The summed E-state index contributed by atoms with van der Waals surface area (Å²) >= 11 is 0. The number of nitrogens with zero attached hydrogens (tertiary/aromatic N) is 1. The molecule has 1 saturated heterocycles. The minimum absolute atomic E-state index is 0.178. The molecule has 2 heterocycles. The molecule has 0 aromatic heterocycles. The summed E-state index contributed by atoms with van der Waals surface area (Å²) in [6.45, 7) is 1.96. The summed E-state index contributed by atoms with van der Waals surface area (Å²) in [6, 6.07) is 12.4. The highest BCUT2D eigenvalue weighted by Crippen LogP contribution is 2.38. The number of cyclic esters (lactones) is 1. The number of likely N-dealkylation sites (tertiary alicyclic amines) is 1. The van der Waals surface area contributed by atoms with Gasteiger partial charge in [-0.15, -0.1) is 0 Å². The van der Waals surface area contributed by atoms with Gasteiger partial charge in [0.15, 0.2) is 0 Å². The topological polar surface area (TPSA) is 102 Å². The first-order valence-electron chi connectivity index (χ1n) is 9.68. The van der Waals surface area contributed by atoms with Gasteiger partial charge in [0.25, 0.3) is 0 Å². The Morgan fingerprint density at radius 2 is 1.97 bits per heavy atom. The van der Waals surface area contributed by atoms with Crippen molar-refractivity contribution in [2.75, 3.05) is 11.9 Å². The number of fused-ring (bicyclic) bond motifs is 1. The lowest BCUT2D eigenvalue weighted by atomic mass is 10.1. The Hall–Kier alpha value is -3.68. The summed E-state index contributed by atoms with van der Waals surface area (Å²) in [5, 5.41) is 2.75. The van der Waals surface area contributed by atoms with Crippen LogP contribution in [-0.2, 0) is 19.1 Å². The lowest BCUT2D eigenvalue weighted by Gasteiger charge is -2.29. The lowest BCUT2D eigenvalue weighted by Crippen LogP contribution is -2.43. The fraction of sp³-hybridized carbons (Fsp3) is 0.273. The number of esters is 2. The summed E-state index contributed by atoms with van der Waals surface area (Å²) in [4.78, 5) is 50.9. The van der Waals surface area contributed by atoms with Gasteiger partial charge in [-0.1, -0.05) is 24.3 Å². The number of hydrogen-bond acceptors (Lipinski definition) is 6. The van der Waals surface area contributed by atoms with Gasteiger partial charge >= 0.3 is 11.9 Å².